The minimum absolute atomic E-state index is 0.124. The Balaban J connectivity index is 2.15. The topological polar surface area (TPSA) is 47.6 Å². The monoisotopic (exact) mass is 383 g/mol. The Morgan fingerprint density at radius 2 is 1.57 bits per heavy atom. The molecular weight excluding hydrogens is 350 g/mol. The van der Waals surface area contributed by atoms with Crippen LogP contribution in [0.15, 0.2) is 30.3 Å². The van der Waals surface area contributed by atoms with Crippen LogP contribution in [0.1, 0.15) is 67.5 Å². The number of carbonyl (C=O) groups is 1. The molecule has 0 radical (unpaired) electrons. The highest BCUT2D eigenvalue weighted by Crippen LogP contribution is 2.32. The van der Waals surface area contributed by atoms with Crippen LogP contribution in [0.2, 0.25) is 0 Å². The second-order valence-corrected chi connectivity index (χ2v) is 7.86. The largest absolute Gasteiger partial charge is 0.496 e. The van der Waals surface area contributed by atoms with E-state index in [1.165, 1.54) is 0 Å². The Hall–Kier alpha value is -2.49. The van der Waals surface area contributed by atoms with Crippen molar-refractivity contribution in [2.75, 3.05) is 7.11 Å². The van der Waals surface area contributed by atoms with Crippen molar-refractivity contribution in [2.24, 2.45) is 0 Å². The highest BCUT2D eigenvalue weighted by molar-refractivity contribution is 5.81. The van der Waals surface area contributed by atoms with E-state index in [-0.39, 0.29) is 11.9 Å². The summed E-state index contributed by atoms with van der Waals surface area (Å²) in [5.74, 6) is 1.85. The van der Waals surface area contributed by atoms with Gasteiger partial charge in [0, 0.05) is 0 Å². The summed E-state index contributed by atoms with van der Waals surface area (Å²) in [5, 5.41) is 3.09. The predicted octanol–water partition coefficient (Wildman–Crippen LogP) is 5.39. The average molecular weight is 384 g/mol. The number of rotatable bonds is 7. The van der Waals surface area contributed by atoms with Gasteiger partial charge in [0.15, 0.2) is 6.10 Å². The van der Waals surface area contributed by atoms with Crippen molar-refractivity contribution in [3.63, 3.8) is 0 Å². The Bertz CT molecular complexity index is 842. The molecule has 0 aliphatic rings. The summed E-state index contributed by atoms with van der Waals surface area (Å²) in [7, 11) is 1.69. The van der Waals surface area contributed by atoms with E-state index < -0.39 is 6.10 Å². The lowest BCUT2D eigenvalue weighted by atomic mass is 9.93. The third-order valence-electron chi connectivity index (χ3n) is 5.08. The van der Waals surface area contributed by atoms with E-state index in [2.05, 4.69) is 25.2 Å². The number of nitrogens with one attached hydrogen (secondary N) is 1. The number of methoxy groups -OCH3 is 1. The smallest absolute Gasteiger partial charge is 0.261 e. The van der Waals surface area contributed by atoms with Crippen LogP contribution in [-0.2, 0) is 4.79 Å². The van der Waals surface area contributed by atoms with Gasteiger partial charge in [-0.15, -0.1) is 0 Å². The highest BCUT2D eigenvalue weighted by atomic mass is 16.5. The molecule has 0 unspecified atom stereocenters. The van der Waals surface area contributed by atoms with E-state index in [1.807, 2.05) is 52.0 Å². The molecule has 4 heteroatoms. The molecule has 4 nitrogen and oxygen atoms in total. The first-order chi connectivity index (χ1) is 13.1. The zero-order valence-corrected chi connectivity index (χ0v) is 18.3. The van der Waals surface area contributed by atoms with Crippen LogP contribution in [-0.4, -0.2) is 19.1 Å². The quantitative estimate of drug-likeness (QED) is 0.697. The summed E-state index contributed by atoms with van der Waals surface area (Å²) >= 11 is 0. The van der Waals surface area contributed by atoms with Gasteiger partial charge in [-0.25, -0.2) is 0 Å². The fourth-order valence-electron chi connectivity index (χ4n) is 3.30. The summed E-state index contributed by atoms with van der Waals surface area (Å²) in [6.07, 6.45) is -0.578. The van der Waals surface area contributed by atoms with Crippen molar-refractivity contribution in [3.8, 4) is 11.5 Å². The molecule has 28 heavy (non-hydrogen) atoms. The van der Waals surface area contributed by atoms with Gasteiger partial charge >= 0.3 is 0 Å². The van der Waals surface area contributed by atoms with Gasteiger partial charge in [0.25, 0.3) is 5.91 Å². The van der Waals surface area contributed by atoms with Crippen LogP contribution in [0.3, 0.4) is 0 Å². The second kappa shape index (κ2) is 9.13. The van der Waals surface area contributed by atoms with Gasteiger partial charge in [0.2, 0.25) is 0 Å². The maximum atomic E-state index is 12.7. The molecule has 2 aromatic carbocycles. The lowest BCUT2D eigenvalue weighted by Gasteiger charge is -2.23. The van der Waals surface area contributed by atoms with Crippen LogP contribution < -0.4 is 14.8 Å². The fourth-order valence-corrected chi connectivity index (χ4v) is 3.30. The van der Waals surface area contributed by atoms with E-state index >= 15 is 0 Å². The van der Waals surface area contributed by atoms with Crippen molar-refractivity contribution in [1.82, 2.24) is 5.32 Å². The van der Waals surface area contributed by atoms with Crippen molar-refractivity contribution in [1.29, 1.82) is 0 Å². The predicted molar refractivity (Wildman–Crippen MR) is 114 cm³/mol. The maximum Gasteiger partial charge on any atom is 0.261 e. The number of hydrogen-bond donors (Lipinski definition) is 1. The van der Waals surface area contributed by atoms with Gasteiger partial charge < -0.3 is 14.8 Å². The third kappa shape index (κ3) is 5.06. The van der Waals surface area contributed by atoms with E-state index in [9.17, 15) is 4.79 Å². The van der Waals surface area contributed by atoms with Crippen molar-refractivity contribution >= 4 is 5.91 Å². The van der Waals surface area contributed by atoms with Crippen LogP contribution in [0.5, 0.6) is 11.5 Å². The van der Waals surface area contributed by atoms with E-state index in [0.29, 0.717) is 5.92 Å². The standard InChI is InChI=1S/C24H33NO3/c1-14(2)20-13-21(17(5)12-23(20)27-8)18(6)25-24(26)19(7)28-22-11-15(3)9-10-16(22)4/h9-14,18-19H,1-8H3,(H,25,26)/t18-,19-/m1/s1. The number of benzene rings is 2. The minimum atomic E-state index is -0.578. The molecular formula is C24H33NO3. The van der Waals surface area contributed by atoms with Crippen LogP contribution in [0.4, 0.5) is 0 Å². The van der Waals surface area contributed by atoms with Gasteiger partial charge in [-0.05, 0) is 86.6 Å². The Labute approximate surface area is 169 Å². The summed E-state index contributed by atoms with van der Waals surface area (Å²) < 4.78 is 11.4. The molecule has 0 aromatic heterocycles. The molecule has 0 fully saturated rings. The molecule has 0 saturated carbocycles. The lowest BCUT2D eigenvalue weighted by Crippen LogP contribution is -2.38. The first-order valence-electron chi connectivity index (χ1n) is 9.86. The summed E-state index contributed by atoms with van der Waals surface area (Å²) in [6.45, 7) is 14.1. The molecule has 2 rings (SSSR count). The number of hydrogen-bond acceptors (Lipinski definition) is 3. The highest BCUT2D eigenvalue weighted by Gasteiger charge is 2.21. The number of carbonyl (C=O) groups excluding carboxylic acids is 1. The zero-order valence-electron chi connectivity index (χ0n) is 18.3. The van der Waals surface area contributed by atoms with Crippen LogP contribution in [0.25, 0.3) is 0 Å². The lowest BCUT2D eigenvalue weighted by molar-refractivity contribution is -0.127. The van der Waals surface area contributed by atoms with E-state index in [4.69, 9.17) is 9.47 Å². The van der Waals surface area contributed by atoms with Gasteiger partial charge in [0.1, 0.15) is 11.5 Å². The fraction of sp³-hybridized carbons (Fsp3) is 0.458. The summed E-state index contributed by atoms with van der Waals surface area (Å²) in [6, 6.07) is 10.1. The molecule has 0 heterocycles. The zero-order chi connectivity index (χ0) is 21.0. The summed E-state index contributed by atoms with van der Waals surface area (Å²) in [4.78, 5) is 12.7. The molecule has 2 atom stereocenters. The molecule has 2 aromatic rings. The SMILES string of the molecule is COc1cc(C)c([C@@H](C)NC(=O)[C@@H](C)Oc2cc(C)ccc2C)cc1C(C)C. The van der Waals surface area contributed by atoms with E-state index in [1.54, 1.807) is 14.0 Å². The van der Waals surface area contributed by atoms with Crippen LogP contribution >= 0.6 is 0 Å². The minimum Gasteiger partial charge on any atom is -0.496 e. The van der Waals surface area contributed by atoms with Gasteiger partial charge in [-0.3, -0.25) is 4.79 Å². The number of amides is 1. The molecule has 0 saturated heterocycles. The van der Waals surface area contributed by atoms with Gasteiger partial charge in [-0.2, -0.15) is 0 Å². The first-order valence-corrected chi connectivity index (χ1v) is 9.86. The molecule has 0 aliphatic heterocycles. The van der Waals surface area contributed by atoms with Gasteiger partial charge in [-0.1, -0.05) is 26.0 Å². The molecule has 0 bridgehead atoms. The molecule has 0 spiro atoms. The van der Waals surface area contributed by atoms with Gasteiger partial charge in [0.05, 0.1) is 13.2 Å². The molecule has 1 N–H and O–H groups in total. The molecule has 1 amide bonds. The second-order valence-electron chi connectivity index (χ2n) is 7.86. The Morgan fingerprint density at radius 3 is 2.18 bits per heavy atom. The third-order valence-corrected chi connectivity index (χ3v) is 5.08. The van der Waals surface area contributed by atoms with E-state index in [0.717, 1.165) is 39.3 Å². The normalized spacial score (nSPS) is 13.2. The maximum absolute atomic E-state index is 12.7. The Morgan fingerprint density at radius 1 is 0.893 bits per heavy atom. The van der Waals surface area contributed by atoms with Crippen molar-refractivity contribution < 1.29 is 14.3 Å². The summed E-state index contributed by atoms with van der Waals surface area (Å²) in [5.41, 5.74) is 5.46. The number of ether oxygens (including phenoxy) is 2. The van der Waals surface area contributed by atoms with Crippen LogP contribution in [0, 0.1) is 20.8 Å². The number of aryl methyl sites for hydroxylation is 3. The molecule has 152 valence electrons. The van der Waals surface area contributed by atoms with Crippen molar-refractivity contribution in [2.45, 2.75) is 66.5 Å². The Kier molecular flexibility index (Phi) is 7.11. The average Bonchev–Trinajstić information content (AvgIpc) is 2.63. The first kappa shape index (κ1) is 21.8. The van der Waals surface area contributed by atoms with Crippen molar-refractivity contribution in [3.05, 3.63) is 58.1 Å². The molecule has 0 aliphatic carbocycles.